The van der Waals surface area contributed by atoms with Crippen molar-refractivity contribution < 1.29 is 17.9 Å². The summed E-state index contributed by atoms with van der Waals surface area (Å²) in [4.78, 5) is 11.2. The lowest BCUT2D eigenvalue weighted by Gasteiger charge is -2.09. The van der Waals surface area contributed by atoms with Gasteiger partial charge >= 0.3 is 5.97 Å². The number of nitrogens with one attached hydrogen (secondary N) is 1. The largest absolute Gasteiger partial charge is 0.465 e. The number of ether oxygens (including phenoxy) is 1. The maximum absolute atomic E-state index is 12.0. The molecule has 1 N–H and O–H groups in total. The van der Waals surface area contributed by atoms with Gasteiger partial charge < -0.3 is 4.74 Å². The average Bonchev–Trinajstić information content (AvgIpc) is 2.38. The van der Waals surface area contributed by atoms with Gasteiger partial charge in [-0.2, -0.15) is 0 Å². The van der Waals surface area contributed by atoms with Crippen molar-refractivity contribution in [1.29, 1.82) is 0 Å². The van der Waals surface area contributed by atoms with E-state index in [0.29, 0.717) is 6.42 Å². The maximum atomic E-state index is 12.0. The van der Waals surface area contributed by atoms with Crippen molar-refractivity contribution in [2.75, 3.05) is 13.7 Å². The molecule has 0 aliphatic carbocycles. The van der Waals surface area contributed by atoms with Crippen molar-refractivity contribution in [3.05, 3.63) is 41.4 Å². The van der Waals surface area contributed by atoms with Crippen LogP contribution < -0.4 is 4.72 Å². The van der Waals surface area contributed by atoms with Crippen molar-refractivity contribution in [3.63, 3.8) is 0 Å². The zero-order chi connectivity index (χ0) is 14.5. The molecule has 0 heterocycles. The number of carbonyl (C=O) groups excluding carboxylic acids is 1. The molecule has 0 aromatic heterocycles. The summed E-state index contributed by atoms with van der Waals surface area (Å²) in [5, 5.41) is 0.0405. The molecule has 0 saturated carbocycles. The van der Waals surface area contributed by atoms with E-state index in [4.69, 9.17) is 11.6 Å². The van der Waals surface area contributed by atoms with Crippen LogP contribution in [0.15, 0.2) is 35.7 Å². The first kappa shape index (κ1) is 15.7. The van der Waals surface area contributed by atoms with E-state index in [2.05, 4.69) is 16.0 Å². The summed E-state index contributed by atoms with van der Waals surface area (Å²) in [7, 11) is -2.55. The highest BCUT2D eigenvalue weighted by molar-refractivity contribution is 7.89. The Morgan fingerprint density at radius 3 is 2.79 bits per heavy atom. The molecule has 1 aromatic rings. The number of benzene rings is 1. The molecular weight excluding hydrogens is 290 g/mol. The van der Waals surface area contributed by atoms with Crippen LogP contribution in [0.4, 0.5) is 0 Å². The Balaban J connectivity index is 3.11. The highest BCUT2D eigenvalue weighted by Crippen LogP contribution is 2.22. The second-order valence-electron chi connectivity index (χ2n) is 3.61. The fraction of sp³-hybridized carbons (Fsp3) is 0.250. The topological polar surface area (TPSA) is 72.5 Å². The third-order valence-corrected chi connectivity index (χ3v) is 4.22. The summed E-state index contributed by atoms with van der Waals surface area (Å²) in [6, 6.07) is 3.93. The number of sulfonamides is 1. The molecule has 0 atom stereocenters. The Bertz CT molecular complexity index is 583. The van der Waals surface area contributed by atoms with Crippen LogP contribution in [0, 0.1) is 0 Å². The highest BCUT2D eigenvalue weighted by atomic mass is 35.5. The normalized spacial score (nSPS) is 11.1. The lowest BCUT2D eigenvalue weighted by Crippen LogP contribution is -2.25. The molecule has 0 saturated heterocycles. The van der Waals surface area contributed by atoms with Crippen LogP contribution in [0.3, 0.4) is 0 Å². The van der Waals surface area contributed by atoms with Gasteiger partial charge in [-0.05, 0) is 24.6 Å². The summed E-state index contributed by atoms with van der Waals surface area (Å²) in [6.45, 7) is 3.71. The van der Waals surface area contributed by atoms with E-state index >= 15 is 0 Å². The third-order valence-electron chi connectivity index (χ3n) is 2.28. The predicted molar refractivity (Wildman–Crippen MR) is 72.8 cm³/mol. The fourth-order valence-corrected chi connectivity index (χ4v) is 2.90. The lowest BCUT2D eigenvalue weighted by atomic mass is 10.2. The van der Waals surface area contributed by atoms with Crippen LogP contribution in [-0.4, -0.2) is 28.0 Å². The van der Waals surface area contributed by atoms with Gasteiger partial charge in [-0.15, -0.1) is 6.58 Å². The van der Waals surface area contributed by atoms with Crippen LogP contribution in [-0.2, 0) is 14.8 Å². The minimum atomic E-state index is -3.76. The highest BCUT2D eigenvalue weighted by Gasteiger charge is 2.19. The van der Waals surface area contributed by atoms with E-state index in [1.54, 1.807) is 6.08 Å². The molecule has 0 spiro atoms. The van der Waals surface area contributed by atoms with Crippen LogP contribution >= 0.6 is 11.6 Å². The molecule has 19 heavy (non-hydrogen) atoms. The minimum absolute atomic E-state index is 0.0405. The van der Waals surface area contributed by atoms with Crippen molar-refractivity contribution >= 4 is 27.6 Å². The van der Waals surface area contributed by atoms with Gasteiger partial charge in [-0.1, -0.05) is 17.7 Å². The molecule has 0 aliphatic rings. The van der Waals surface area contributed by atoms with Crippen LogP contribution in [0.2, 0.25) is 5.02 Å². The fourth-order valence-electron chi connectivity index (χ4n) is 1.33. The number of hydrogen-bond donors (Lipinski definition) is 1. The number of hydrogen-bond acceptors (Lipinski definition) is 4. The van der Waals surface area contributed by atoms with Gasteiger partial charge in [0.25, 0.3) is 0 Å². The molecule has 0 amide bonds. The smallest absolute Gasteiger partial charge is 0.337 e. The van der Waals surface area contributed by atoms with Gasteiger partial charge in [0.05, 0.1) is 17.7 Å². The Morgan fingerprint density at radius 1 is 1.53 bits per heavy atom. The van der Waals surface area contributed by atoms with Gasteiger partial charge in [0.1, 0.15) is 4.90 Å². The molecule has 0 bridgehead atoms. The van der Waals surface area contributed by atoms with Gasteiger partial charge in [0.2, 0.25) is 10.0 Å². The molecule has 5 nitrogen and oxygen atoms in total. The number of halogens is 1. The first-order valence-electron chi connectivity index (χ1n) is 5.41. The third kappa shape index (κ3) is 4.05. The summed E-state index contributed by atoms with van der Waals surface area (Å²) in [5.41, 5.74) is 0.121. The van der Waals surface area contributed by atoms with Crippen molar-refractivity contribution in [2.45, 2.75) is 11.3 Å². The zero-order valence-corrected chi connectivity index (χ0v) is 11.9. The summed E-state index contributed by atoms with van der Waals surface area (Å²) in [6.07, 6.45) is 2.09. The molecule has 1 rings (SSSR count). The molecule has 104 valence electrons. The van der Waals surface area contributed by atoms with Crippen LogP contribution in [0.5, 0.6) is 0 Å². The lowest BCUT2D eigenvalue weighted by molar-refractivity contribution is 0.0600. The Morgan fingerprint density at radius 2 is 2.21 bits per heavy atom. The van der Waals surface area contributed by atoms with Crippen molar-refractivity contribution in [3.8, 4) is 0 Å². The zero-order valence-electron chi connectivity index (χ0n) is 10.3. The van der Waals surface area contributed by atoms with E-state index in [-0.39, 0.29) is 22.0 Å². The van der Waals surface area contributed by atoms with E-state index in [9.17, 15) is 13.2 Å². The van der Waals surface area contributed by atoms with Crippen LogP contribution in [0.25, 0.3) is 0 Å². The summed E-state index contributed by atoms with van der Waals surface area (Å²) < 4.78 is 30.9. The Kier molecular flexibility index (Phi) is 5.53. The van der Waals surface area contributed by atoms with Gasteiger partial charge in [0, 0.05) is 6.54 Å². The Labute approximate surface area is 117 Å². The first-order chi connectivity index (χ1) is 8.92. The second kappa shape index (κ2) is 6.70. The van der Waals surface area contributed by atoms with Gasteiger partial charge in [0.15, 0.2) is 0 Å². The molecule has 0 radical (unpaired) electrons. The maximum Gasteiger partial charge on any atom is 0.337 e. The van der Waals surface area contributed by atoms with E-state index in [1.165, 1.54) is 25.3 Å². The standard InChI is InChI=1S/C12H14ClNO4S/c1-3-4-7-14-19(16,17)11-8-9(12(15)18-2)5-6-10(11)13/h3,5-6,8,14H,1,4,7H2,2H3. The Hall–Kier alpha value is -1.37. The molecule has 0 unspecified atom stereocenters. The number of rotatable bonds is 6. The van der Waals surface area contributed by atoms with Gasteiger partial charge in [-0.25, -0.2) is 17.9 Å². The quantitative estimate of drug-likeness (QED) is 0.495. The number of methoxy groups -OCH3 is 1. The average molecular weight is 304 g/mol. The molecule has 0 aliphatic heterocycles. The van der Waals surface area contributed by atoms with Crippen molar-refractivity contribution in [1.82, 2.24) is 4.72 Å². The molecule has 0 fully saturated rings. The minimum Gasteiger partial charge on any atom is -0.465 e. The molecule has 1 aromatic carbocycles. The number of carbonyl (C=O) groups is 1. The predicted octanol–water partition coefficient (Wildman–Crippen LogP) is 1.98. The second-order valence-corrected chi connectivity index (χ2v) is 5.75. The first-order valence-corrected chi connectivity index (χ1v) is 7.27. The van der Waals surface area contributed by atoms with E-state index < -0.39 is 16.0 Å². The van der Waals surface area contributed by atoms with E-state index in [1.807, 2.05) is 0 Å². The van der Waals surface area contributed by atoms with E-state index in [0.717, 1.165) is 0 Å². The summed E-state index contributed by atoms with van der Waals surface area (Å²) in [5.74, 6) is -0.626. The van der Waals surface area contributed by atoms with Gasteiger partial charge in [-0.3, -0.25) is 0 Å². The van der Waals surface area contributed by atoms with Crippen molar-refractivity contribution in [2.24, 2.45) is 0 Å². The summed E-state index contributed by atoms with van der Waals surface area (Å²) >= 11 is 5.85. The SMILES string of the molecule is C=CCCNS(=O)(=O)c1cc(C(=O)OC)ccc1Cl. The molecular formula is C12H14ClNO4S. The van der Waals surface area contributed by atoms with Crippen LogP contribution in [0.1, 0.15) is 16.8 Å². The monoisotopic (exact) mass is 303 g/mol. The number of esters is 1. The molecule has 7 heteroatoms.